The van der Waals surface area contributed by atoms with Crippen LogP contribution >= 0.6 is 0 Å². The summed E-state index contributed by atoms with van der Waals surface area (Å²) in [6.45, 7) is 1.97. The number of furan rings is 1. The van der Waals surface area contributed by atoms with E-state index in [-0.39, 0.29) is 16.7 Å². The van der Waals surface area contributed by atoms with Gasteiger partial charge < -0.3 is 4.42 Å². The monoisotopic (exact) mass is 398 g/mol. The number of benzene rings is 2. The van der Waals surface area contributed by atoms with Crippen LogP contribution in [-0.4, -0.2) is 20.4 Å². The lowest BCUT2D eigenvalue weighted by molar-refractivity contribution is -0.384. The molecular weight excluding hydrogens is 380 g/mol. The van der Waals surface area contributed by atoms with Crippen molar-refractivity contribution in [2.24, 2.45) is 4.99 Å². The van der Waals surface area contributed by atoms with Crippen LogP contribution in [0.3, 0.4) is 0 Å². The Hall–Kier alpha value is -4.00. The van der Waals surface area contributed by atoms with Crippen LogP contribution in [0.25, 0.3) is 11.1 Å². The summed E-state index contributed by atoms with van der Waals surface area (Å²) in [5, 5.41) is 16.0. The van der Waals surface area contributed by atoms with E-state index in [9.17, 15) is 10.1 Å². The van der Waals surface area contributed by atoms with Gasteiger partial charge >= 0.3 is 0 Å². The van der Waals surface area contributed by atoms with Crippen LogP contribution in [0.15, 0.2) is 82.4 Å². The molecule has 2 aromatic carbocycles. The standard InChI is InChI=1S/C23H18N4O3/c1-15-22(16-7-3-2-4-8-16)23-24-19(17-9-5-10-18(13-17)27(28)29)14-20(26(23)25-15)21-11-6-12-30-21/h2-13,20H,14H2,1H3/t20-/m0/s1. The third-order valence-corrected chi connectivity index (χ3v) is 5.31. The smallest absolute Gasteiger partial charge is 0.270 e. The first-order chi connectivity index (χ1) is 14.6. The van der Waals surface area contributed by atoms with Crippen LogP contribution in [0.1, 0.15) is 29.5 Å². The van der Waals surface area contributed by atoms with Crippen molar-refractivity contribution >= 4 is 17.2 Å². The number of aliphatic imine (C=N–C) groups is 1. The lowest BCUT2D eigenvalue weighted by Gasteiger charge is -2.23. The highest BCUT2D eigenvalue weighted by Crippen LogP contribution is 2.41. The van der Waals surface area contributed by atoms with Crippen molar-refractivity contribution in [2.75, 3.05) is 0 Å². The molecule has 2 aromatic heterocycles. The van der Waals surface area contributed by atoms with Gasteiger partial charge in [-0.25, -0.2) is 9.67 Å². The van der Waals surface area contributed by atoms with Crippen LogP contribution in [0.5, 0.6) is 0 Å². The van der Waals surface area contributed by atoms with Gasteiger partial charge in [0.2, 0.25) is 0 Å². The number of nitro groups is 1. The molecule has 1 aliphatic heterocycles. The molecule has 0 unspecified atom stereocenters. The SMILES string of the molecule is Cc1nn2c(c1-c1ccccc1)N=C(c1cccc([N+](=O)[O-])c1)C[C@H]2c1ccco1. The Morgan fingerprint density at radius 3 is 2.60 bits per heavy atom. The van der Waals surface area contributed by atoms with Gasteiger partial charge in [0.1, 0.15) is 11.8 Å². The average Bonchev–Trinajstić information content (AvgIpc) is 3.41. The van der Waals surface area contributed by atoms with Crippen LogP contribution in [0.4, 0.5) is 11.5 Å². The second-order valence-electron chi connectivity index (χ2n) is 7.20. The molecule has 1 aliphatic rings. The fourth-order valence-corrected chi connectivity index (χ4v) is 3.93. The largest absolute Gasteiger partial charge is 0.467 e. The lowest BCUT2D eigenvalue weighted by atomic mass is 9.98. The van der Waals surface area contributed by atoms with Crippen molar-refractivity contribution in [3.8, 4) is 11.1 Å². The first-order valence-electron chi connectivity index (χ1n) is 9.62. The van der Waals surface area contributed by atoms with E-state index in [1.165, 1.54) is 6.07 Å². The molecule has 30 heavy (non-hydrogen) atoms. The number of non-ortho nitro benzene ring substituents is 1. The molecule has 0 N–H and O–H groups in total. The average molecular weight is 398 g/mol. The van der Waals surface area contributed by atoms with E-state index in [0.717, 1.165) is 39.7 Å². The third kappa shape index (κ3) is 3.00. The predicted molar refractivity (Wildman–Crippen MR) is 113 cm³/mol. The van der Waals surface area contributed by atoms with Gasteiger partial charge in [-0.15, -0.1) is 0 Å². The first kappa shape index (κ1) is 18.1. The number of nitro benzene ring substituents is 1. The molecule has 0 saturated carbocycles. The maximum absolute atomic E-state index is 11.3. The summed E-state index contributed by atoms with van der Waals surface area (Å²) in [7, 11) is 0. The van der Waals surface area contributed by atoms with Gasteiger partial charge in [0.25, 0.3) is 5.69 Å². The minimum atomic E-state index is -0.388. The Balaban J connectivity index is 1.72. The van der Waals surface area contributed by atoms with Crippen molar-refractivity contribution in [1.29, 1.82) is 0 Å². The molecule has 7 nitrogen and oxygen atoms in total. The van der Waals surface area contributed by atoms with Crippen LogP contribution < -0.4 is 0 Å². The fourth-order valence-electron chi connectivity index (χ4n) is 3.93. The van der Waals surface area contributed by atoms with E-state index in [0.29, 0.717) is 6.42 Å². The van der Waals surface area contributed by atoms with E-state index < -0.39 is 0 Å². The third-order valence-electron chi connectivity index (χ3n) is 5.31. The number of fused-ring (bicyclic) bond motifs is 1. The van der Waals surface area contributed by atoms with Crippen molar-refractivity contribution in [1.82, 2.24) is 9.78 Å². The quantitative estimate of drug-likeness (QED) is 0.337. The second kappa shape index (κ2) is 7.11. The fraction of sp³-hybridized carbons (Fsp3) is 0.130. The van der Waals surface area contributed by atoms with E-state index in [1.807, 2.05) is 60.1 Å². The van der Waals surface area contributed by atoms with E-state index in [4.69, 9.17) is 14.5 Å². The molecule has 0 aliphatic carbocycles. The molecule has 148 valence electrons. The maximum atomic E-state index is 11.3. The molecule has 0 amide bonds. The molecule has 7 heteroatoms. The van der Waals surface area contributed by atoms with Crippen LogP contribution in [0.2, 0.25) is 0 Å². The molecule has 0 spiro atoms. The molecule has 0 fully saturated rings. The van der Waals surface area contributed by atoms with Gasteiger partial charge in [-0.2, -0.15) is 5.10 Å². The summed E-state index contributed by atoms with van der Waals surface area (Å²) in [5.41, 5.74) is 4.39. The summed E-state index contributed by atoms with van der Waals surface area (Å²) < 4.78 is 7.61. The van der Waals surface area contributed by atoms with Gasteiger partial charge in [-0.05, 0) is 24.6 Å². The highest BCUT2D eigenvalue weighted by atomic mass is 16.6. The van der Waals surface area contributed by atoms with Gasteiger partial charge in [0, 0.05) is 29.7 Å². The summed E-state index contributed by atoms with van der Waals surface area (Å²) >= 11 is 0. The molecule has 0 saturated heterocycles. The lowest BCUT2D eigenvalue weighted by Crippen LogP contribution is -2.21. The number of nitrogens with zero attached hydrogens (tertiary/aromatic N) is 4. The summed E-state index contributed by atoms with van der Waals surface area (Å²) in [4.78, 5) is 15.8. The van der Waals surface area contributed by atoms with Crippen molar-refractivity contribution in [2.45, 2.75) is 19.4 Å². The summed E-state index contributed by atoms with van der Waals surface area (Å²) in [6.07, 6.45) is 2.17. The van der Waals surface area contributed by atoms with Gasteiger partial charge in [0.15, 0.2) is 5.82 Å². The van der Waals surface area contributed by atoms with E-state index in [1.54, 1.807) is 18.4 Å². The van der Waals surface area contributed by atoms with Crippen LogP contribution in [0, 0.1) is 17.0 Å². The Morgan fingerprint density at radius 2 is 1.87 bits per heavy atom. The Labute approximate surface area is 172 Å². The number of hydrogen-bond donors (Lipinski definition) is 0. The molecule has 0 bridgehead atoms. The number of aryl methyl sites for hydroxylation is 1. The van der Waals surface area contributed by atoms with Crippen molar-refractivity contribution in [3.63, 3.8) is 0 Å². The minimum absolute atomic E-state index is 0.0447. The topological polar surface area (TPSA) is 86.5 Å². The summed E-state index contributed by atoms with van der Waals surface area (Å²) in [6, 6.07) is 20.2. The first-order valence-corrected chi connectivity index (χ1v) is 9.62. The van der Waals surface area contributed by atoms with Crippen molar-refractivity contribution < 1.29 is 9.34 Å². The van der Waals surface area contributed by atoms with Crippen molar-refractivity contribution in [3.05, 3.63) is 100 Å². The zero-order valence-electron chi connectivity index (χ0n) is 16.2. The van der Waals surface area contributed by atoms with Gasteiger partial charge in [-0.1, -0.05) is 42.5 Å². The Bertz CT molecular complexity index is 1260. The second-order valence-corrected chi connectivity index (χ2v) is 7.20. The van der Waals surface area contributed by atoms with Crippen LogP contribution in [-0.2, 0) is 0 Å². The Kier molecular flexibility index (Phi) is 4.28. The zero-order valence-corrected chi connectivity index (χ0v) is 16.2. The van der Waals surface area contributed by atoms with Gasteiger partial charge in [0.05, 0.1) is 22.6 Å². The van der Waals surface area contributed by atoms with E-state index >= 15 is 0 Å². The molecule has 1 atom stereocenters. The van der Waals surface area contributed by atoms with E-state index in [2.05, 4.69) is 0 Å². The molecule has 4 aromatic rings. The maximum Gasteiger partial charge on any atom is 0.270 e. The number of hydrogen-bond acceptors (Lipinski definition) is 5. The highest BCUT2D eigenvalue weighted by molar-refractivity contribution is 6.04. The minimum Gasteiger partial charge on any atom is -0.467 e. The number of aromatic nitrogens is 2. The molecule has 0 radical (unpaired) electrons. The molecule has 5 rings (SSSR count). The molecular formula is C23H18N4O3. The normalized spacial score (nSPS) is 15.5. The Morgan fingerprint density at radius 1 is 1.07 bits per heavy atom. The molecule has 3 heterocycles. The van der Waals surface area contributed by atoms with Gasteiger partial charge in [-0.3, -0.25) is 10.1 Å². The highest BCUT2D eigenvalue weighted by Gasteiger charge is 2.31. The summed E-state index contributed by atoms with van der Waals surface area (Å²) in [5.74, 6) is 1.50. The zero-order chi connectivity index (χ0) is 20.7. The number of rotatable bonds is 4. The predicted octanol–water partition coefficient (Wildman–Crippen LogP) is 5.47.